The lowest BCUT2D eigenvalue weighted by molar-refractivity contribution is 0.568. The molecule has 0 aromatic heterocycles. The zero-order chi connectivity index (χ0) is 47.7. The molecule has 0 bridgehead atoms. The van der Waals surface area contributed by atoms with E-state index in [2.05, 4.69) is 253 Å². The Morgan fingerprint density at radius 3 is 1.03 bits per heavy atom. The lowest BCUT2D eigenvalue weighted by Gasteiger charge is -2.30. The van der Waals surface area contributed by atoms with Crippen LogP contribution in [-0.4, -0.2) is 0 Å². The van der Waals surface area contributed by atoms with Crippen molar-refractivity contribution in [2.45, 2.75) is 105 Å². The summed E-state index contributed by atoms with van der Waals surface area (Å²) in [5.41, 5.74) is 20.6. The zero-order valence-electron chi connectivity index (χ0n) is 42.2. The molecule has 1 aliphatic carbocycles. The summed E-state index contributed by atoms with van der Waals surface area (Å²) < 4.78 is 0. The van der Waals surface area contributed by atoms with E-state index in [1.807, 2.05) is 0 Å². The van der Waals surface area contributed by atoms with Gasteiger partial charge < -0.3 is 0 Å². The molecule has 0 saturated carbocycles. The van der Waals surface area contributed by atoms with Crippen molar-refractivity contribution in [1.82, 2.24) is 0 Å². The largest absolute Gasteiger partial charge is 0.0622 e. The van der Waals surface area contributed by atoms with Crippen molar-refractivity contribution in [2.24, 2.45) is 0 Å². The first-order valence-electron chi connectivity index (χ1n) is 24.8. The number of fused-ring (bicyclic) bond motifs is 7. The van der Waals surface area contributed by atoms with Crippen LogP contribution in [0.5, 0.6) is 0 Å². The van der Waals surface area contributed by atoms with E-state index < -0.39 is 0 Å². The highest BCUT2D eigenvalue weighted by Gasteiger charge is 2.35. The first-order valence-corrected chi connectivity index (χ1v) is 24.8. The van der Waals surface area contributed by atoms with Gasteiger partial charge in [-0.2, -0.15) is 0 Å². The van der Waals surface area contributed by atoms with Crippen LogP contribution in [0.3, 0.4) is 0 Å². The molecule has 0 atom stereocenters. The molecule has 0 saturated heterocycles. The second kappa shape index (κ2) is 15.4. The minimum absolute atomic E-state index is 0.0731. The van der Waals surface area contributed by atoms with Crippen LogP contribution in [0.15, 0.2) is 170 Å². The summed E-state index contributed by atoms with van der Waals surface area (Å²) in [5.74, 6) is 0. The van der Waals surface area contributed by atoms with Crippen molar-refractivity contribution in [3.05, 3.63) is 192 Å². The molecule has 11 rings (SSSR count). The molecule has 0 spiro atoms. The fraction of sp³-hybridized carbons (Fsp3) is 0.235. The second-order valence-electron chi connectivity index (χ2n) is 23.7. The molecule has 0 N–H and O–H groups in total. The Morgan fingerprint density at radius 1 is 0.235 bits per heavy atom. The first kappa shape index (κ1) is 43.8. The van der Waals surface area contributed by atoms with Gasteiger partial charge in [-0.25, -0.2) is 0 Å². The highest BCUT2D eigenvalue weighted by atomic mass is 14.4. The van der Waals surface area contributed by atoms with E-state index in [9.17, 15) is 0 Å². The molecular formula is C68H64. The van der Waals surface area contributed by atoms with Crippen molar-refractivity contribution in [3.63, 3.8) is 0 Å². The topological polar surface area (TPSA) is 0 Å². The van der Waals surface area contributed by atoms with Crippen LogP contribution < -0.4 is 0 Å². The highest BCUT2D eigenvalue weighted by Crippen LogP contribution is 2.62. The van der Waals surface area contributed by atoms with Crippen LogP contribution in [0, 0.1) is 0 Å². The summed E-state index contributed by atoms with van der Waals surface area (Å²) in [6.45, 7) is 28.4. The number of hydrogen-bond acceptors (Lipinski definition) is 0. The molecule has 10 aromatic rings. The van der Waals surface area contributed by atoms with Crippen LogP contribution in [0.1, 0.15) is 105 Å². The molecule has 0 heterocycles. The Morgan fingerprint density at radius 2 is 0.603 bits per heavy atom. The third-order valence-corrected chi connectivity index (χ3v) is 14.9. The average molecular weight is 881 g/mol. The number of hydrogen-bond donors (Lipinski definition) is 0. The zero-order valence-corrected chi connectivity index (χ0v) is 42.2. The van der Waals surface area contributed by atoms with E-state index in [0.29, 0.717) is 0 Å². The quantitative estimate of drug-likeness (QED) is 0.122. The predicted octanol–water partition coefficient (Wildman–Crippen LogP) is 19.8. The Balaban J connectivity index is 1.51. The minimum atomic E-state index is -0.0740. The SMILES string of the molecule is CC(C)(C)c1cc(-c2c3ccccc3c(-c3cc(C(C)(C)C)cc(C(C)(C)C)c3)c3c(-c4ccccc4)c4c(c(-c5ccccc5)c23)-c2cccc3c2c-4cc2ccccc23)cc(C(C)(C)C)c1. The standard InChI is InChI=1S/C68H64/c1-65(2,3)46-34-44(35-47(39-46)66(4,5)6)56-52-30-21-22-31-53(52)57(45-36-48(67(7,8)9)40-49(37-45)68(10,11)12)64-59(42-26-17-14-18-27-42)62-55-38-43-28-19-20-29-50(43)51-32-23-33-54(60(51)55)61(62)58(63(56)64)41-24-15-13-16-25-41/h13-40H,1-12H3. The van der Waals surface area contributed by atoms with Crippen LogP contribution >= 0.6 is 0 Å². The van der Waals surface area contributed by atoms with Gasteiger partial charge >= 0.3 is 0 Å². The van der Waals surface area contributed by atoms with Gasteiger partial charge in [0.05, 0.1) is 0 Å². The smallest absolute Gasteiger partial charge is 0.000116 e. The van der Waals surface area contributed by atoms with Gasteiger partial charge in [0.2, 0.25) is 0 Å². The van der Waals surface area contributed by atoms with E-state index in [4.69, 9.17) is 0 Å². The average Bonchev–Trinajstić information content (AvgIpc) is 3.63. The molecule has 68 heavy (non-hydrogen) atoms. The Bertz CT molecular complexity index is 3600. The van der Waals surface area contributed by atoms with Crippen LogP contribution in [0.25, 0.3) is 110 Å². The summed E-state index contributed by atoms with van der Waals surface area (Å²) in [4.78, 5) is 0. The monoisotopic (exact) mass is 881 g/mol. The third kappa shape index (κ3) is 7.02. The third-order valence-electron chi connectivity index (χ3n) is 14.9. The van der Waals surface area contributed by atoms with Gasteiger partial charge in [0.15, 0.2) is 0 Å². The van der Waals surface area contributed by atoms with Gasteiger partial charge in [-0.1, -0.05) is 247 Å². The van der Waals surface area contributed by atoms with Crippen molar-refractivity contribution in [1.29, 1.82) is 0 Å². The minimum Gasteiger partial charge on any atom is -0.0622 e. The van der Waals surface area contributed by atoms with Gasteiger partial charge in [-0.3, -0.25) is 0 Å². The van der Waals surface area contributed by atoms with E-state index in [1.165, 1.54) is 132 Å². The van der Waals surface area contributed by atoms with Crippen molar-refractivity contribution >= 4 is 43.1 Å². The van der Waals surface area contributed by atoms with Crippen molar-refractivity contribution < 1.29 is 0 Å². The fourth-order valence-corrected chi connectivity index (χ4v) is 11.2. The highest BCUT2D eigenvalue weighted by molar-refractivity contribution is 6.36. The van der Waals surface area contributed by atoms with E-state index in [1.54, 1.807) is 0 Å². The maximum absolute atomic E-state index is 2.53. The van der Waals surface area contributed by atoms with Crippen LogP contribution in [-0.2, 0) is 21.7 Å². The van der Waals surface area contributed by atoms with Gasteiger partial charge in [0.1, 0.15) is 0 Å². The lowest BCUT2D eigenvalue weighted by Crippen LogP contribution is -2.17. The molecule has 0 nitrogen and oxygen atoms in total. The van der Waals surface area contributed by atoms with Gasteiger partial charge in [0, 0.05) is 0 Å². The van der Waals surface area contributed by atoms with Crippen molar-refractivity contribution in [3.8, 4) is 66.8 Å². The van der Waals surface area contributed by atoms with E-state index >= 15 is 0 Å². The van der Waals surface area contributed by atoms with Gasteiger partial charge in [-0.15, -0.1) is 0 Å². The molecule has 1 aliphatic rings. The predicted molar refractivity (Wildman–Crippen MR) is 297 cm³/mol. The molecule has 336 valence electrons. The molecule has 0 fully saturated rings. The van der Waals surface area contributed by atoms with Gasteiger partial charge in [0.25, 0.3) is 0 Å². The second-order valence-corrected chi connectivity index (χ2v) is 23.7. The fourth-order valence-electron chi connectivity index (χ4n) is 11.2. The molecule has 0 heteroatoms. The Hall–Kier alpha value is -6.76. The summed E-state index contributed by atoms with van der Waals surface area (Å²) in [6.07, 6.45) is 0. The molecule has 10 aromatic carbocycles. The van der Waals surface area contributed by atoms with Gasteiger partial charge in [-0.05, 0) is 160 Å². The Kier molecular flexibility index (Phi) is 9.90. The van der Waals surface area contributed by atoms with Crippen LogP contribution in [0.4, 0.5) is 0 Å². The maximum Gasteiger partial charge on any atom is -0.000116 e. The van der Waals surface area contributed by atoms with E-state index in [0.717, 1.165) is 0 Å². The summed E-state index contributed by atoms with van der Waals surface area (Å²) in [6, 6.07) is 65.7. The van der Waals surface area contributed by atoms with E-state index in [-0.39, 0.29) is 21.7 Å². The van der Waals surface area contributed by atoms with Crippen LogP contribution in [0.2, 0.25) is 0 Å². The summed E-state index contributed by atoms with van der Waals surface area (Å²) in [5, 5.41) is 10.4. The maximum atomic E-state index is 2.53. The molecular weight excluding hydrogens is 817 g/mol. The molecule has 0 unspecified atom stereocenters. The first-order chi connectivity index (χ1) is 32.3. The summed E-state index contributed by atoms with van der Waals surface area (Å²) >= 11 is 0. The molecule has 0 aliphatic heterocycles. The lowest BCUT2D eigenvalue weighted by atomic mass is 9.73. The Labute approximate surface area is 404 Å². The molecule has 0 amide bonds. The van der Waals surface area contributed by atoms with Crippen molar-refractivity contribution in [2.75, 3.05) is 0 Å². The normalized spacial score (nSPS) is 13.0. The molecule has 0 radical (unpaired) electrons. The number of benzene rings is 10. The summed E-state index contributed by atoms with van der Waals surface area (Å²) in [7, 11) is 0. The number of rotatable bonds is 4.